The SMILES string of the molecule is Cn1ccc2c(Cc3cc(F)ncc3F)cc(C(=O)N[C@H]3CCCC[C@@H]3O)nc21. The molecule has 1 saturated carbocycles. The van der Waals surface area contributed by atoms with E-state index in [9.17, 15) is 18.7 Å². The van der Waals surface area contributed by atoms with Crippen molar-refractivity contribution in [2.24, 2.45) is 7.05 Å². The molecule has 0 aromatic carbocycles. The lowest BCUT2D eigenvalue weighted by atomic mass is 9.92. The first-order valence-electron chi connectivity index (χ1n) is 9.66. The smallest absolute Gasteiger partial charge is 0.270 e. The first kappa shape index (κ1) is 19.4. The number of aromatic nitrogens is 3. The Balaban J connectivity index is 1.69. The number of nitrogens with one attached hydrogen (secondary N) is 1. The van der Waals surface area contributed by atoms with Crippen molar-refractivity contribution >= 4 is 16.9 Å². The highest BCUT2D eigenvalue weighted by Crippen LogP contribution is 2.24. The van der Waals surface area contributed by atoms with Crippen LogP contribution < -0.4 is 5.32 Å². The Morgan fingerprint density at radius 3 is 2.86 bits per heavy atom. The summed E-state index contributed by atoms with van der Waals surface area (Å²) in [5.41, 5.74) is 1.58. The number of rotatable bonds is 4. The molecule has 2 N–H and O–H groups in total. The lowest BCUT2D eigenvalue weighted by Crippen LogP contribution is -2.45. The molecular formula is C21H22F2N4O2. The van der Waals surface area contributed by atoms with Crippen LogP contribution in [0.2, 0.25) is 0 Å². The molecule has 8 heteroatoms. The van der Waals surface area contributed by atoms with Gasteiger partial charge in [0.2, 0.25) is 5.95 Å². The Hall–Kier alpha value is -2.87. The molecule has 29 heavy (non-hydrogen) atoms. The summed E-state index contributed by atoms with van der Waals surface area (Å²) in [6.45, 7) is 0. The summed E-state index contributed by atoms with van der Waals surface area (Å²) in [4.78, 5) is 20.6. The van der Waals surface area contributed by atoms with Gasteiger partial charge in [0.1, 0.15) is 17.2 Å². The average Bonchev–Trinajstić information content (AvgIpc) is 3.08. The summed E-state index contributed by atoms with van der Waals surface area (Å²) in [5, 5.41) is 13.8. The van der Waals surface area contributed by atoms with Gasteiger partial charge in [0.15, 0.2) is 0 Å². The van der Waals surface area contributed by atoms with E-state index < -0.39 is 17.9 Å². The summed E-state index contributed by atoms with van der Waals surface area (Å²) in [6, 6.07) is 4.19. The highest BCUT2D eigenvalue weighted by molar-refractivity contribution is 5.95. The van der Waals surface area contributed by atoms with Gasteiger partial charge in [-0.15, -0.1) is 0 Å². The van der Waals surface area contributed by atoms with Gasteiger partial charge in [0.25, 0.3) is 5.91 Å². The maximum atomic E-state index is 14.1. The zero-order valence-corrected chi connectivity index (χ0v) is 16.0. The molecule has 0 aliphatic heterocycles. The molecular weight excluding hydrogens is 378 g/mol. The van der Waals surface area contributed by atoms with Crippen LogP contribution in [0.4, 0.5) is 8.78 Å². The Morgan fingerprint density at radius 2 is 2.07 bits per heavy atom. The standard InChI is InChI=1S/C21H22F2N4O2/c1-27-7-6-14-12(8-13-10-19(23)24-11-15(13)22)9-17(25-20(14)27)21(29)26-16-4-2-3-5-18(16)28/h6-7,9-11,16,18,28H,2-5,8H2,1H3,(H,26,29)/t16-,18-/m0/s1. The van der Waals surface area contributed by atoms with E-state index >= 15 is 0 Å². The van der Waals surface area contributed by atoms with Gasteiger partial charge in [-0.25, -0.2) is 14.4 Å². The molecule has 4 rings (SSSR count). The fourth-order valence-corrected chi connectivity index (χ4v) is 3.88. The number of aryl methyl sites for hydroxylation is 1. The third-order valence-electron chi connectivity index (χ3n) is 5.48. The summed E-state index contributed by atoms with van der Waals surface area (Å²) in [6.07, 6.45) is 5.45. The van der Waals surface area contributed by atoms with Crippen LogP contribution in [0.1, 0.15) is 47.3 Å². The van der Waals surface area contributed by atoms with E-state index in [0.29, 0.717) is 24.1 Å². The molecule has 0 radical (unpaired) electrons. The van der Waals surface area contributed by atoms with Crippen LogP contribution in [0, 0.1) is 11.8 Å². The Labute approximate surface area is 166 Å². The normalized spacial score (nSPS) is 19.4. The number of pyridine rings is 2. The number of aliphatic hydroxyl groups is 1. The highest BCUT2D eigenvalue weighted by atomic mass is 19.1. The molecule has 3 aromatic rings. The van der Waals surface area contributed by atoms with Gasteiger partial charge in [-0.2, -0.15) is 4.39 Å². The first-order valence-corrected chi connectivity index (χ1v) is 9.66. The minimum atomic E-state index is -0.760. The first-order chi connectivity index (χ1) is 13.9. The summed E-state index contributed by atoms with van der Waals surface area (Å²) >= 11 is 0. The molecule has 0 unspecified atom stereocenters. The molecule has 3 heterocycles. The predicted molar refractivity (Wildman–Crippen MR) is 103 cm³/mol. The van der Waals surface area contributed by atoms with Gasteiger partial charge in [-0.3, -0.25) is 4.79 Å². The number of amides is 1. The molecule has 152 valence electrons. The van der Waals surface area contributed by atoms with Gasteiger partial charge in [-0.05, 0) is 42.2 Å². The van der Waals surface area contributed by atoms with Gasteiger partial charge in [-0.1, -0.05) is 12.8 Å². The molecule has 1 amide bonds. The lowest BCUT2D eigenvalue weighted by molar-refractivity contribution is 0.0714. The van der Waals surface area contributed by atoms with E-state index in [0.717, 1.165) is 30.5 Å². The fourth-order valence-electron chi connectivity index (χ4n) is 3.88. The molecule has 1 aliphatic carbocycles. The second kappa shape index (κ2) is 7.87. The van der Waals surface area contributed by atoms with Crippen molar-refractivity contribution in [1.82, 2.24) is 19.9 Å². The number of hydrogen-bond acceptors (Lipinski definition) is 4. The van der Waals surface area contributed by atoms with Gasteiger partial charge in [0.05, 0.1) is 18.3 Å². The van der Waals surface area contributed by atoms with Gasteiger partial charge < -0.3 is 15.0 Å². The van der Waals surface area contributed by atoms with Crippen LogP contribution in [0.3, 0.4) is 0 Å². The van der Waals surface area contributed by atoms with Crippen LogP contribution in [0.25, 0.3) is 11.0 Å². The molecule has 0 saturated heterocycles. The van der Waals surface area contributed by atoms with E-state index in [-0.39, 0.29) is 29.6 Å². The molecule has 3 aromatic heterocycles. The van der Waals surface area contributed by atoms with Crippen molar-refractivity contribution in [3.8, 4) is 0 Å². The molecule has 0 spiro atoms. The van der Waals surface area contributed by atoms with Crippen LogP contribution in [-0.2, 0) is 13.5 Å². The summed E-state index contributed by atoms with van der Waals surface area (Å²) in [7, 11) is 1.80. The van der Waals surface area contributed by atoms with Gasteiger partial charge in [0, 0.05) is 25.1 Å². The lowest BCUT2D eigenvalue weighted by Gasteiger charge is -2.28. The Morgan fingerprint density at radius 1 is 1.28 bits per heavy atom. The maximum absolute atomic E-state index is 14.1. The van der Waals surface area contributed by atoms with E-state index in [1.165, 1.54) is 0 Å². The van der Waals surface area contributed by atoms with Crippen LogP contribution in [-0.4, -0.2) is 37.7 Å². The third kappa shape index (κ3) is 3.98. The molecule has 2 atom stereocenters. The van der Waals surface area contributed by atoms with Crippen molar-refractivity contribution in [1.29, 1.82) is 0 Å². The largest absolute Gasteiger partial charge is 0.391 e. The second-order valence-corrected chi connectivity index (χ2v) is 7.54. The fraction of sp³-hybridized carbons (Fsp3) is 0.381. The zero-order valence-electron chi connectivity index (χ0n) is 16.0. The topological polar surface area (TPSA) is 80.0 Å². The van der Waals surface area contributed by atoms with E-state index in [4.69, 9.17) is 0 Å². The monoisotopic (exact) mass is 400 g/mol. The minimum Gasteiger partial charge on any atom is -0.391 e. The van der Waals surface area contributed by atoms with E-state index in [2.05, 4.69) is 15.3 Å². The van der Waals surface area contributed by atoms with E-state index in [1.54, 1.807) is 23.9 Å². The minimum absolute atomic E-state index is 0.0979. The quantitative estimate of drug-likeness (QED) is 0.660. The molecule has 1 fully saturated rings. The number of carbonyl (C=O) groups is 1. The predicted octanol–water partition coefficient (Wildman–Crippen LogP) is 2.87. The highest BCUT2D eigenvalue weighted by Gasteiger charge is 2.26. The molecule has 1 aliphatic rings. The van der Waals surface area contributed by atoms with Crippen molar-refractivity contribution in [3.63, 3.8) is 0 Å². The average molecular weight is 400 g/mol. The van der Waals surface area contributed by atoms with Crippen LogP contribution >= 0.6 is 0 Å². The van der Waals surface area contributed by atoms with Crippen LogP contribution in [0.5, 0.6) is 0 Å². The number of carbonyl (C=O) groups excluding carboxylic acids is 1. The molecule has 6 nitrogen and oxygen atoms in total. The number of halogens is 2. The second-order valence-electron chi connectivity index (χ2n) is 7.54. The van der Waals surface area contributed by atoms with Crippen molar-refractivity contribution in [3.05, 3.63) is 59.2 Å². The maximum Gasteiger partial charge on any atom is 0.270 e. The number of hydrogen-bond donors (Lipinski definition) is 2. The number of fused-ring (bicyclic) bond motifs is 1. The summed E-state index contributed by atoms with van der Waals surface area (Å²) < 4.78 is 29.4. The van der Waals surface area contributed by atoms with Gasteiger partial charge >= 0.3 is 0 Å². The molecule has 0 bridgehead atoms. The summed E-state index contributed by atoms with van der Waals surface area (Å²) in [5.74, 6) is -1.76. The van der Waals surface area contributed by atoms with Crippen LogP contribution in [0.15, 0.2) is 30.6 Å². The third-order valence-corrected chi connectivity index (χ3v) is 5.48. The van der Waals surface area contributed by atoms with Crippen molar-refractivity contribution in [2.75, 3.05) is 0 Å². The van der Waals surface area contributed by atoms with E-state index in [1.807, 2.05) is 6.07 Å². The zero-order chi connectivity index (χ0) is 20.5. The van der Waals surface area contributed by atoms with Crippen molar-refractivity contribution in [2.45, 2.75) is 44.2 Å². The Bertz CT molecular complexity index is 1070. The Kier molecular flexibility index (Phi) is 5.27. The number of nitrogens with zero attached hydrogens (tertiary/aromatic N) is 3. The number of aliphatic hydroxyl groups excluding tert-OH is 1. The van der Waals surface area contributed by atoms with Crippen molar-refractivity contribution < 1.29 is 18.7 Å².